The molecule has 3 aromatic carbocycles. The second kappa shape index (κ2) is 7.64. The highest BCUT2D eigenvalue weighted by molar-refractivity contribution is 6.03. The quantitative estimate of drug-likeness (QED) is 0.662. The Morgan fingerprint density at radius 3 is 2.29 bits per heavy atom. The van der Waals surface area contributed by atoms with Crippen LogP contribution < -0.4 is 20.2 Å². The van der Waals surface area contributed by atoms with Crippen molar-refractivity contribution in [1.29, 1.82) is 0 Å². The first-order valence-corrected chi connectivity index (χ1v) is 9.19. The Morgan fingerprint density at radius 2 is 1.61 bits per heavy atom. The average molecular weight is 373 g/mol. The molecule has 0 radical (unpaired) electrons. The standard InChI is InChI=1S/C23H23N3O2/c1-27-22-13-10-17(14-23(22)28-2)21-15-20(16-8-11-18(24)12-9-16)25-26(21)19-6-4-3-5-7-19/h3-14,21H,15,24H2,1-2H3. The van der Waals surface area contributed by atoms with Crippen molar-refractivity contribution in [3.63, 3.8) is 0 Å². The third-order valence-electron chi connectivity index (χ3n) is 4.97. The Morgan fingerprint density at radius 1 is 0.893 bits per heavy atom. The normalized spacial score (nSPS) is 16.0. The average Bonchev–Trinajstić information content (AvgIpc) is 3.20. The van der Waals surface area contributed by atoms with E-state index in [1.54, 1.807) is 14.2 Å². The lowest BCUT2D eigenvalue weighted by Gasteiger charge is -2.24. The SMILES string of the molecule is COc1ccc(C2CC(c3ccc(N)cc3)=NN2c2ccccc2)cc1OC. The molecule has 2 N–H and O–H groups in total. The van der Waals surface area contributed by atoms with E-state index in [1.165, 1.54) is 0 Å². The van der Waals surface area contributed by atoms with Crippen LogP contribution in [0.5, 0.6) is 11.5 Å². The molecule has 1 atom stereocenters. The van der Waals surface area contributed by atoms with E-state index in [9.17, 15) is 0 Å². The summed E-state index contributed by atoms with van der Waals surface area (Å²) in [6.45, 7) is 0. The molecule has 4 rings (SSSR count). The third-order valence-corrected chi connectivity index (χ3v) is 4.97. The smallest absolute Gasteiger partial charge is 0.161 e. The van der Waals surface area contributed by atoms with Crippen LogP contribution in [-0.2, 0) is 0 Å². The van der Waals surface area contributed by atoms with Crippen LogP contribution in [0.15, 0.2) is 77.9 Å². The van der Waals surface area contributed by atoms with Gasteiger partial charge in [-0.3, -0.25) is 5.01 Å². The maximum absolute atomic E-state index is 5.85. The summed E-state index contributed by atoms with van der Waals surface area (Å²) in [5, 5.41) is 7.03. The minimum Gasteiger partial charge on any atom is -0.493 e. The molecule has 1 aliphatic heterocycles. The van der Waals surface area contributed by atoms with Crippen molar-refractivity contribution in [2.75, 3.05) is 25.0 Å². The highest BCUT2D eigenvalue weighted by atomic mass is 16.5. The lowest BCUT2D eigenvalue weighted by Crippen LogP contribution is -2.18. The number of hydrogen-bond acceptors (Lipinski definition) is 5. The summed E-state index contributed by atoms with van der Waals surface area (Å²) >= 11 is 0. The van der Waals surface area contributed by atoms with Crippen LogP contribution in [-0.4, -0.2) is 19.9 Å². The molecule has 5 nitrogen and oxygen atoms in total. The van der Waals surface area contributed by atoms with E-state index < -0.39 is 0 Å². The predicted molar refractivity (Wildman–Crippen MR) is 113 cm³/mol. The highest BCUT2D eigenvalue weighted by Crippen LogP contribution is 2.39. The van der Waals surface area contributed by atoms with Crippen molar-refractivity contribution >= 4 is 17.1 Å². The number of para-hydroxylation sites is 1. The highest BCUT2D eigenvalue weighted by Gasteiger charge is 2.30. The minimum absolute atomic E-state index is 0.0646. The van der Waals surface area contributed by atoms with Gasteiger partial charge in [0.25, 0.3) is 0 Å². The lowest BCUT2D eigenvalue weighted by atomic mass is 9.97. The number of benzene rings is 3. The summed E-state index contributed by atoms with van der Waals surface area (Å²) in [5.41, 5.74) is 10.9. The molecule has 1 heterocycles. The molecule has 5 heteroatoms. The number of nitrogen functional groups attached to an aromatic ring is 1. The Kier molecular flexibility index (Phi) is 4.89. The van der Waals surface area contributed by atoms with Crippen LogP contribution in [0.4, 0.5) is 11.4 Å². The van der Waals surface area contributed by atoms with E-state index >= 15 is 0 Å². The van der Waals surface area contributed by atoms with Gasteiger partial charge in [0.2, 0.25) is 0 Å². The Balaban J connectivity index is 1.74. The molecule has 0 saturated carbocycles. The fraction of sp³-hybridized carbons (Fsp3) is 0.174. The van der Waals surface area contributed by atoms with Gasteiger partial charge < -0.3 is 15.2 Å². The number of hydrogen-bond donors (Lipinski definition) is 1. The van der Waals surface area contributed by atoms with Gasteiger partial charge in [-0.2, -0.15) is 5.10 Å². The number of rotatable bonds is 5. The van der Waals surface area contributed by atoms with E-state index in [4.69, 9.17) is 20.3 Å². The van der Waals surface area contributed by atoms with Crippen molar-refractivity contribution in [2.24, 2.45) is 5.10 Å². The van der Waals surface area contributed by atoms with Gasteiger partial charge in [0.15, 0.2) is 11.5 Å². The molecule has 28 heavy (non-hydrogen) atoms. The van der Waals surface area contributed by atoms with Gasteiger partial charge in [-0.05, 0) is 47.5 Å². The molecule has 1 aliphatic rings. The van der Waals surface area contributed by atoms with E-state index in [0.29, 0.717) is 5.75 Å². The van der Waals surface area contributed by atoms with Crippen molar-refractivity contribution in [3.8, 4) is 11.5 Å². The zero-order valence-electron chi connectivity index (χ0n) is 16.0. The largest absolute Gasteiger partial charge is 0.493 e. The van der Waals surface area contributed by atoms with E-state index in [0.717, 1.165) is 40.4 Å². The molecule has 0 aliphatic carbocycles. The molecule has 0 spiro atoms. The van der Waals surface area contributed by atoms with Crippen molar-refractivity contribution in [1.82, 2.24) is 0 Å². The summed E-state index contributed by atoms with van der Waals surface area (Å²) in [7, 11) is 3.30. The minimum atomic E-state index is 0.0646. The topological polar surface area (TPSA) is 60.1 Å². The second-order valence-electron chi connectivity index (χ2n) is 6.68. The molecule has 3 aromatic rings. The van der Waals surface area contributed by atoms with Gasteiger partial charge >= 0.3 is 0 Å². The molecule has 0 saturated heterocycles. The summed E-state index contributed by atoms with van der Waals surface area (Å²) in [6, 6.07) is 24.2. The van der Waals surface area contributed by atoms with Gasteiger partial charge in [0.1, 0.15) is 0 Å². The summed E-state index contributed by atoms with van der Waals surface area (Å²) in [5.74, 6) is 1.43. The summed E-state index contributed by atoms with van der Waals surface area (Å²) < 4.78 is 10.9. The fourth-order valence-corrected chi connectivity index (χ4v) is 3.50. The van der Waals surface area contributed by atoms with Crippen LogP contribution in [0.3, 0.4) is 0 Å². The van der Waals surface area contributed by atoms with Gasteiger partial charge in [0, 0.05) is 12.1 Å². The second-order valence-corrected chi connectivity index (χ2v) is 6.68. The Hall–Kier alpha value is -3.47. The first-order chi connectivity index (χ1) is 13.7. The first-order valence-electron chi connectivity index (χ1n) is 9.19. The van der Waals surface area contributed by atoms with Crippen molar-refractivity contribution in [2.45, 2.75) is 12.5 Å². The Bertz CT molecular complexity index is 984. The number of nitrogens with zero attached hydrogens (tertiary/aromatic N) is 2. The zero-order valence-corrected chi connectivity index (χ0v) is 16.0. The van der Waals surface area contributed by atoms with Gasteiger partial charge in [-0.15, -0.1) is 0 Å². The first kappa shape index (κ1) is 17.9. The maximum Gasteiger partial charge on any atom is 0.161 e. The van der Waals surface area contributed by atoms with E-state index in [2.05, 4.69) is 23.2 Å². The lowest BCUT2D eigenvalue weighted by molar-refractivity contribution is 0.354. The molecule has 142 valence electrons. The molecule has 0 bridgehead atoms. The molecule has 0 fully saturated rings. The molecular weight excluding hydrogens is 350 g/mol. The van der Waals surface area contributed by atoms with Crippen molar-refractivity contribution in [3.05, 3.63) is 83.9 Å². The predicted octanol–water partition coefficient (Wildman–Crippen LogP) is 4.64. The zero-order chi connectivity index (χ0) is 19.5. The van der Waals surface area contributed by atoms with Crippen LogP contribution in [0.1, 0.15) is 23.6 Å². The summed E-state index contributed by atoms with van der Waals surface area (Å²) in [4.78, 5) is 0. The van der Waals surface area contributed by atoms with Crippen LogP contribution >= 0.6 is 0 Å². The van der Waals surface area contributed by atoms with Gasteiger partial charge in [-0.1, -0.05) is 36.4 Å². The molecule has 0 aromatic heterocycles. The third kappa shape index (κ3) is 3.39. The van der Waals surface area contributed by atoms with E-state index in [-0.39, 0.29) is 6.04 Å². The molecular formula is C23H23N3O2. The number of ether oxygens (including phenoxy) is 2. The van der Waals surface area contributed by atoms with Crippen LogP contribution in [0, 0.1) is 0 Å². The fourth-order valence-electron chi connectivity index (χ4n) is 3.50. The number of anilines is 2. The van der Waals surface area contributed by atoms with Gasteiger partial charge in [-0.25, -0.2) is 0 Å². The van der Waals surface area contributed by atoms with Crippen LogP contribution in [0.2, 0.25) is 0 Å². The van der Waals surface area contributed by atoms with Gasteiger partial charge in [0.05, 0.1) is 31.7 Å². The number of methoxy groups -OCH3 is 2. The molecule has 1 unspecified atom stereocenters. The number of hydrazone groups is 1. The van der Waals surface area contributed by atoms with E-state index in [1.807, 2.05) is 54.6 Å². The van der Waals surface area contributed by atoms with Crippen molar-refractivity contribution < 1.29 is 9.47 Å². The number of nitrogens with two attached hydrogens (primary N) is 1. The summed E-state index contributed by atoms with van der Waals surface area (Å²) in [6.07, 6.45) is 0.786. The monoisotopic (exact) mass is 373 g/mol. The maximum atomic E-state index is 5.85. The molecule has 0 amide bonds. The van der Waals surface area contributed by atoms with Crippen LogP contribution in [0.25, 0.3) is 0 Å². The Labute approximate surface area is 165 Å².